The van der Waals surface area contributed by atoms with Crippen molar-refractivity contribution >= 4 is 11.4 Å². The van der Waals surface area contributed by atoms with Gasteiger partial charge in [0.2, 0.25) is 0 Å². The van der Waals surface area contributed by atoms with Gasteiger partial charge in [0.15, 0.2) is 0 Å². The van der Waals surface area contributed by atoms with E-state index in [1.165, 1.54) is 0 Å². The second kappa shape index (κ2) is 5.45. The molecule has 2 aromatic carbocycles. The van der Waals surface area contributed by atoms with Gasteiger partial charge in [0.25, 0.3) is 0 Å². The van der Waals surface area contributed by atoms with Crippen LogP contribution in [0.2, 0.25) is 0 Å². The standard InChI is InChI=1S/C16H16N2O/c1-12-9-15(8-7-13(12)11-17)18(2)14-5-4-6-16(10-14)19-3/h4-10H,1-3H3. The van der Waals surface area contributed by atoms with E-state index in [1.807, 2.05) is 56.4 Å². The van der Waals surface area contributed by atoms with Gasteiger partial charge in [-0.3, -0.25) is 0 Å². The van der Waals surface area contributed by atoms with Crippen LogP contribution in [0.25, 0.3) is 0 Å². The van der Waals surface area contributed by atoms with E-state index in [1.54, 1.807) is 7.11 Å². The molecule has 0 saturated carbocycles. The van der Waals surface area contributed by atoms with Crippen LogP contribution in [0.4, 0.5) is 11.4 Å². The Kier molecular flexibility index (Phi) is 3.72. The van der Waals surface area contributed by atoms with Crippen molar-refractivity contribution in [2.45, 2.75) is 6.92 Å². The largest absolute Gasteiger partial charge is 0.497 e. The van der Waals surface area contributed by atoms with Crippen LogP contribution in [0.1, 0.15) is 11.1 Å². The number of hydrogen-bond donors (Lipinski definition) is 0. The number of nitriles is 1. The summed E-state index contributed by atoms with van der Waals surface area (Å²) in [5.74, 6) is 0.828. The fraction of sp³-hybridized carbons (Fsp3) is 0.188. The van der Waals surface area contributed by atoms with Crippen molar-refractivity contribution in [1.82, 2.24) is 0 Å². The van der Waals surface area contributed by atoms with E-state index in [0.717, 1.165) is 22.7 Å². The monoisotopic (exact) mass is 252 g/mol. The first kappa shape index (κ1) is 13.0. The lowest BCUT2D eigenvalue weighted by molar-refractivity contribution is 0.415. The first-order chi connectivity index (χ1) is 9.15. The summed E-state index contributed by atoms with van der Waals surface area (Å²) in [6, 6.07) is 15.9. The summed E-state index contributed by atoms with van der Waals surface area (Å²) < 4.78 is 5.23. The highest BCUT2D eigenvalue weighted by Crippen LogP contribution is 2.27. The van der Waals surface area contributed by atoms with Gasteiger partial charge < -0.3 is 9.64 Å². The first-order valence-electron chi connectivity index (χ1n) is 6.04. The Morgan fingerprint density at radius 3 is 2.47 bits per heavy atom. The lowest BCUT2D eigenvalue weighted by Gasteiger charge is -2.20. The second-order valence-corrected chi connectivity index (χ2v) is 4.37. The second-order valence-electron chi connectivity index (χ2n) is 4.37. The highest BCUT2D eigenvalue weighted by atomic mass is 16.5. The van der Waals surface area contributed by atoms with Crippen LogP contribution in [0.3, 0.4) is 0 Å². The van der Waals surface area contributed by atoms with Gasteiger partial charge in [0, 0.05) is 24.5 Å². The molecule has 19 heavy (non-hydrogen) atoms. The normalized spacial score (nSPS) is 9.79. The van der Waals surface area contributed by atoms with Crippen molar-refractivity contribution in [3.63, 3.8) is 0 Å². The SMILES string of the molecule is COc1cccc(N(C)c2ccc(C#N)c(C)c2)c1. The van der Waals surface area contributed by atoms with Crippen molar-refractivity contribution in [2.24, 2.45) is 0 Å². The van der Waals surface area contributed by atoms with Gasteiger partial charge in [-0.15, -0.1) is 0 Å². The molecule has 2 aromatic rings. The fourth-order valence-corrected chi connectivity index (χ4v) is 1.95. The Labute approximate surface area is 113 Å². The van der Waals surface area contributed by atoms with Gasteiger partial charge in [-0.2, -0.15) is 5.26 Å². The molecule has 0 bridgehead atoms. The number of rotatable bonds is 3. The Morgan fingerprint density at radius 2 is 1.84 bits per heavy atom. The van der Waals surface area contributed by atoms with E-state index in [0.29, 0.717) is 5.56 Å². The minimum atomic E-state index is 0.711. The molecule has 0 aliphatic heterocycles. The van der Waals surface area contributed by atoms with Crippen LogP contribution in [-0.2, 0) is 0 Å². The number of methoxy groups -OCH3 is 1. The molecule has 0 aliphatic carbocycles. The molecule has 0 amide bonds. The number of anilines is 2. The number of hydrogen-bond acceptors (Lipinski definition) is 3. The van der Waals surface area contributed by atoms with E-state index in [-0.39, 0.29) is 0 Å². The first-order valence-corrected chi connectivity index (χ1v) is 6.04. The Bertz CT molecular complexity index is 629. The maximum Gasteiger partial charge on any atom is 0.120 e. The summed E-state index contributed by atoms with van der Waals surface area (Å²) >= 11 is 0. The summed E-state index contributed by atoms with van der Waals surface area (Å²) in [6.07, 6.45) is 0. The summed E-state index contributed by atoms with van der Waals surface area (Å²) in [5, 5.41) is 8.95. The van der Waals surface area contributed by atoms with Crippen LogP contribution in [0.15, 0.2) is 42.5 Å². The average molecular weight is 252 g/mol. The highest BCUT2D eigenvalue weighted by Gasteiger charge is 2.07. The third kappa shape index (κ3) is 2.69. The fourth-order valence-electron chi connectivity index (χ4n) is 1.95. The minimum absolute atomic E-state index is 0.711. The van der Waals surface area contributed by atoms with Crippen LogP contribution in [-0.4, -0.2) is 14.2 Å². The summed E-state index contributed by atoms with van der Waals surface area (Å²) in [5.41, 5.74) is 3.78. The molecule has 3 heteroatoms. The molecule has 0 radical (unpaired) electrons. The van der Waals surface area contributed by atoms with E-state index in [4.69, 9.17) is 10.00 Å². The topological polar surface area (TPSA) is 36.3 Å². The van der Waals surface area contributed by atoms with Gasteiger partial charge >= 0.3 is 0 Å². The van der Waals surface area contributed by atoms with Crippen molar-refractivity contribution in [2.75, 3.05) is 19.1 Å². The highest BCUT2D eigenvalue weighted by molar-refractivity contribution is 5.65. The van der Waals surface area contributed by atoms with Gasteiger partial charge in [-0.1, -0.05) is 6.07 Å². The average Bonchev–Trinajstić information content (AvgIpc) is 2.46. The molecule has 96 valence electrons. The summed E-state index contributed by atoms with van der Waals surface area (Å²) in [6.45, 7) is 1.95. The maximum atomic E-state index is 8.95. The molecule has 0 fully saturated rings. The number of benzene rings is 2. The smallest absolute Gasteiger partial charge is 0.120 e. The van der Waals surface area contributed by atoms with E-state index >= 15 is 0 Å². The molecule has 0 aromatic heterocycles. The van der Waals surface area contributed by atoms with Gasteiger partial charge in [-0.05, 0) is 42.8 Å². The molecule has 0 unspecified atom stereocenters. The third-order valence-electron chi connectivity index (χ3n) is 3.16. The summed E-state index contributed by atoms with van der Waals surface area (Å²) in [4.78, 5) is 2.07. The quantitative estimate of drug-likeness (QED) is 0.836. The lowest BCUT2D eigenvalue weighted by Crippen LogP contribution is -2.09. The third-order valence-corrected chi connectivity index (χ3v) is 3.16. The predicted octanol–water partition coefficient (Wildman–Crippen LogP) is 3.64. The Balaban J connectivity index is 2.35. The van der Waals surface area contributed by atoms with Crippen LogP contribution < -0.4 is 9.64 Å². The van der Waals surface area contributed by atoms with Crippen molar-refractivity contribution < 1.29 is 4.74 Å². The van der Waals surface area contributed by atoms with E-state index in [9.17, 15) is 0 Å². The van der Waals surface area contributed by atoms with Gasteiger partial charge in [0.05, 0.1) is 18.7 Å². The lowest BCUT2D eigenvalue weighted by atomic mass is 10.1. The molecule has 2 rings (SSSR count). The molecule has 0 saturated heterocycles. The van der Waals surface area contributed by atoms with Crippen LogP contribution in [0, 0.1) is 18.3 Å². The van der Waals surface area contributed by atoms with Crippen molar-refractivity contribution in [3.8, 4) is 11.8 Å². The van der Waals surface area contributed by atoms with Gasteiger partial charge in [-0.25, -0.2) is 0 Å². The zero-order valence-electron chi connectivity index (χ0n) is 11.3. The van der Waals surface area contributed by atoms with E-state index < -0.39 is 0 Å². The summed E-state index contributed by atoms with van der Waals surface area (Å²) in [7, 11) is 3.65. The number of aryl methyl sites for hydroxylation is 1. The molecule has 3 nitrogen and oxygen atoms in total. The van der Waals surface area contributed by atoms with Gasteiger partial charge in [0.1, 0.15) is 5.75 Å². The molecule has 0 aliphatic rings. The maximum absolute atomic E-state index is 8.95. The molecular formula is C16H16N2O. The minimum Gasteiger partial charge on any atom is -0.497 e. The molecule has 0 spiro atoms. The Hall–Kier alpha value is -2.47. The zero-order chi connectivity index (χ0) is 13.8. The van der Waals surface area contributed by atoms with Crippen molar-refractivity contribution in [3.05, 3.63) is 53.6 Å². The molecule has 0 N–H and O–H groups in total. The molecule has 0 atom stereocenters. The van der Waals surface area contributed by atoms with E-state index in [2.05, 4.69) is 11.0 Å². The number of nitrogens with zero attached hydrogens (tertiary/aromatic N) is 2. The Morgan fingerprint density at radius 1 is 1.11 bits per heavy atom. The number of ether oxygens (including phenoxy) is 1. The zero-order valence-corrected chi connectivity index (χ0v) is 11.3. The van der Waals surface area contributed by atoms with Crippen LogP contribution in [0.5, 0.6) is 5.75 Å². The predicted molar refractivity (Wildman–Crippen MR) is 77.0 cm³/mol. The van der Waals surface area contributed by atoms with Crippen LogP contribution >= 0.6 is 0 Å². The molecule has 0 heterocycles. The molecular weight excluding hydrogens is 236 g/mol. The van der Waals surface area contributed by atoms with Crippen molar-refractivity contribution in [1.29, 1.82) is 5.26 Å².